The van der Waals surface area contributed by atoms with Crippen LogP contribution in [0.15, 0.2) is 51.4 Å². The van der Waals surface area contributed by atoms with E-state index in [0.717, 1.165) is 12.8 Å². The van der Waals surface area contributed by atoms with E-state index in [0.29, 0.717) is 32.6 Å². The van der Waals surface area contributed by atoms with Gasteiger partial charge in [0.15, 0.2) is 0 Å². The summed E-state index contributed by atoms with van der Waals surface area (Å²) < 4.78 is 58.8. The summed E-state index contributed by atoms with van der Waals surface area (Å²) in [6, 6.07) is 7.11. The molecule has 1 amide bonds. The molecule has 278 valence electrons. The summed E-state index contributed by atoms with van der Waals surface area (Å²) in [5, 5.41) is 16.0. The second-order valence-corrected chi connectivity index (χ2v) is 18.5. The Morgan fingerprint density at radius 2 is 1.25 bits per heavy atom. The first-order chi connectivity index (χ1) is 24.0. The summed E-state index contributed by atoms with van der Waals surface area (Å²) in [5.41, 5.74) is 2.49. The van der Waals surface area contributed by atoms with Crippen LogP contribution in [0.4, 0.5) is 16.2 Å². The lowest BCUT2D eigenvalue weighted by Crippen LogP contribution is -2.45. The first-order valence-electron chi connectivity index (χ1n) is 17.3. The van der Waals surface area contributed by atoms with E-state index in [4.69, 9.17) is 4.84 Å². The summed E-state index contributed by atoms with van der Waals surface area (Å²) in [4.78, 5) is 42.5. The van der Waals surface area contributed by atoms with Gasteiger partial charge in [-0.3, -0.25) is 0 Å². The summed E-state index contributed by atoms with van der Waals surface area (Å²) in [6.45, 7) is 12.7. The van der Waals surface area contributed by atoms with Gasteiger partial charge in [0.2, 0.25) is 20.0 Å². The number of hydrogen-bond donors (Lipinski definition) is 3. The molecular weight excluding hydrogens is 699 g/mol. The Kier molecular flexibility index (Phi) is 11.3. The van der Waals surface area contributed by atoms with E-state index in [-0.39, 0.29) is 66.4 Å². The minimum Gasteiger partial charge on any atom is -0.480 e. The highest BCUT2D eigenvalue weighted by Gasteiger charge is 2.34. The van der Waals surface area contributed by atoms with Crippen LogP contribution in [0.3, 0.4) is 0 Å². The Bertz CT molecular complexity index is 1920. The molecule has 0 aromatic heterocycles. The van der Waals surface area contributed by atoms with Gasteiger partial charge in [0, 0.05) is 47.7 Å². The zero-order valence-electron chi connectivity index (χ0n) is 29.7. The van der Waals surface area contributed by atoms with Gasteiger partial charge in [-0.25, -0.2) is 31.9 Å². The van der Waals surface area contributed by atoms with Crippen LogP contribution in [0, 0.1) is 34.5 Å². The van der Waals surface area contributed by atoms with Crippen molar-refractivity contribution >= 4 is 65.0 Å². The number of nitrogens with one attached hydrogen (secondary N) is 2. The normalized spacial score (nSPS) is 23.4. The number of anilines is 1. The Balaban J connectivity index is 1.68. The van der Waals surface area contributed by atoms with E-state index in [1.165, 1.54) is 45.0 Å². The highest BCUT2D eigenvalue weighted by atomic mass is 32.2. The van der Waals surface area contributed by atoms with Crippen LogP contribution < -0.4 is 10.8 Å². The molecule has 5 rings (SSSR count). The number of hydrogen-bond acceptors (Lipinski definition) is 10. The van der Waals surface area contributed by atoms with E-state index in [1.807, 2.05) is 27.7 Å². The van der Waals surface area contributed by atoms with Crippen LogP contribution in [0.25, 0.3) is 21.5 Å². The van der Waals surface area contributed by atoms with Gasteiger partial charge in [0.25, 0.3) is 0 Å². The molecule has 3 aromatic carbocycles. The average molecular weight is 746 g/mol. The molecule has 0 bridgehead atoms. The molecule has 2 saturated heterocycles. The number of piperidine rings is 2. The predicted molar refractivity (Wildman–Crippen MR) is 194 cm³/mol. The number of nitroso groups, excluding NO2 is 1. The number of rotatable bonds is 11. The fraction of sp³-hybridized carbons (Fsp3) is 0.543. The first kappa shape index (κ1) is 38.4. The molecule has 2 fully saturated rings. The number of benzene rings is 3. The Morgan fingerprint density at radius 3 is 1.63 bits per heavy atom. The number of carboxylic acid groups (broad SMARTS) is 1. The molecule has 16 heteroatoms. The lowest BCUT2D eigenvalue weighted by Gasteiger charge is -2.34. The standard InChI is InChI=1S/C35H47N5O9S2/c1-7-24(6)31(34(41)42)36-35(43)49-38-33-29-14-25(50(45,46)39-16-20(2)12-21(3)17-39)8-10-27(29)32(37-44)28-11-9-26(15-30(28)33)51(47,48)40-18-22(4)13-23(5)19-40/h8-11,14-15,20-24,31,38H,7,12-13,16-19H2,1-6H3,(H,36,43)(H,41,42)/t20-,21+,22-,23+,24?,31?. The van der Waals surface area contributed by atoms with Gasteiger partial charge in [0.05, 0.1) is 15.5 Å². The average Bonchev–Trinajstić information content (AvgIpc) is 3.07. The van der Waals surface area contributed by atoms with Gasteiger partial charge in [0.1, 0.15) is 11.7 Å². The van der Waals surface area contributed by atoms with Crippen molar-refractivity contribution in [3.8, 4) is 0 Å². The van der Waals surface area contributed by atoms with Crippen LogP contribution in [0.5, 0.6) is 0 Å². The lowest BCUT2D eigenvalue weighted by atomic mass is 9.94. The third-order valence-electron chi connectivity index (χ3n) is 10.1. The van der Waals surface area contributed by atoms with Gasteiger partial charge < -0.3 is 15.3 Å². The van der Waals surface area contributed by atoms with Crippen molar-refractivity contribution in [1.82, 2.24) is 13.9 Å². The van der Waals surface area contributed by atoms with Crippen molar-refractivity contribution < 1.29 is 36.4 Å². The van der Waals surface area contributed by atoms with Crippen molar-refractivity contribution in [1.29, 1.82) is 0 Å². The van der Waals surface area contributed by atoms with Crippen molar-refractivity contribution in [3.05, 3.63) is 41.3 Å². The first-order valence-corrected chi connectivity index (χ1v) is 20.2. The number of sulfonamides is 2. The highest BCUT2D eigenvalue weighted by Crippen LogP contribution is 2.44. The van der Waals surface area contributed by atoms with Gasteiger partial charge in [-0.1, -0.05) is 60.1 Å². The fourth-order valence-electron chi connectivity index (χ4n) is 7.53. The number of carboxylic acids is 1. The third-order valence-corrected chi connectivity index (χ3v) is 13.7. The maximum absolute atomic E-state index is 14.0. The molecule has 0 aliphatic carbocycles. The minimum atomic E-state index is -4.03. The topological polar surface area (TPSA) is 192 Å². The molecule has 14 nitrogen and oxygen atoms in total. The van der Waals surface area contributed by atoms with Crippen LogP contribution in [0.1, 0.15) is 60.8 Å². The zero-order valence-corrected chi connectivity index (χ0v) is 31.4. The molecule has 2 aliphatic heterocycles. The molecule has 0 spiro atoms. The molecular formula is C35H47N5O9S2. The van der Waals surface area contributed by atoms with E-state index < -0.39 is 44.1 Å². The SMILES string of the molecule is CCC(C)C(NC(=O)ONc1c2cc(S(=O)(=O)N3C[C@H](C)C[C@H](C)C3)ccc2c(N=O)c2ccc(S(=O)(=O)N3C[C@H](C)C[C@H](C)C3)cc12)C(=O)O. The summed E-state index contributed by atoms with van der Waals surface area (Å²) in [7, 11) is -8.05. The van der Waals surface area contributed by atoms with Crippen LogP contribution in [0.2, 0.25) is 0 Å². The quantitative estimate of drug-likeness (QED) is 0.114. The smallest absolute Gasteiger partial charge is 0.432 e. The van der Waals surface area contributed by atoms with Crippen molar-refractivity contribution in [2.75, 3.05) is 31.7 Å². The molecule has 2 heterocycles. The van der Waals surface area contributed by atoms with Crippen molar-refractivity contribution in [3.63, 3.8) is 0 Å². The Morgan fingerprint density at radius 1 is 0.824 bits per heavy atom. The number of carbonyl (C=O) groups excluding carboxylic acids is 1. The second-order valence-electron chi connectivity index (χ2n) is 14.6. The van der Waals surface area contributed by atoms with Crippen LogP contribution >= 0.6 is 0 Å². The van der Waals surface area contributed by atoms with Gasteiger partial charge in [-0.15, -0.1) is 4.91 Å². The fourth-order valence-corrected chi connectivity index (χ4v) is 10.9. The predicted octanol–water partition coefficient (Wildman–Crippen LogP) is 6.28. The maximum atomic E-state index is 14.0. The summed E-state index contributed by atoms with van der Waals surface area (Å²) in [6.07, 6.45) is 1.09. The Labute approximate surface area is 298 Å². The summed E-state index contributed by atoms with van der Waals surface area (Å²) in [5.74, 6) is -1.14. The molecule has 2 aliphatic rings. The van der Waals surface area contributed by atoms with E-state index >= 15 is 0 Å². The molecule has 51 heavy (non-hydrogen) atoms. The number of fused-ring (bicyclic) bond motifs is 2. The number of aliphatic carboxylic acids is 1. The Hall–Kier alpha value is -3.86. The maximum Gasteiger partial charge on any atom is 0.432 e. The van der Waals surface area contributed by atoms with Gasteiger partial charge >= 0.3 is 12.1 Å². The second kappa shape index (κ2) is 15.0. The van der Waals surface area contributed by atoms with Gasteiger partial charge in [-0.2, -0.15) is 8.61 Å². The largest absolute Gasteiger partial charge is 0.480 e. The van der Waals surface area contributed by atoms with E-state index in [1.54, 1.807) is 13.8 Å². The number of amides is 1. The molecule has 2 unspecified atom stereocenters. The number of nitrogens with zero attached hydrogens (tertiary/aromatic N) is 3. The highest BCUT2D eigenvalue weighted by molar-refractivity contribution is 7.89. The van der Waals surface area contributed by atoms with Crippen LogP contribution in [-0.4, -0.2) is 74.8 Å². The third kappa shape index (κ3) is 7.83. The van der Waals surface area contributed by atoms with E-state index in [2.05, 4.69) is 16.0 Å². The molecule has 3 N–H and O–H groups in total. The monoisotopic (exact) mass is 745 g/mol. The minimum absolute atomic E-state index is 0.00664. The molecule has 0 radical (unpaired) electrons. The summed E-state index contributed by atoms with van der Waals surface area (Å²) >= 11 is 0. The van der Waals surface area contributed by atoms with Crippen molar-refractivity contribution in [2.24, 2.45) is 34.8 Å². The van der Waals surface area contributed by atoms with E-state index in [9.17, 15) is 36.4 Å². The lowest BCUT2D eigenvalue weighted by molar-refractivity contribution is -0.140. The van der Waals surface area contributed by atoms with Gasteiger partial charge in [-0.05, 0) is 71.9 Å². The molecule has 6 atom stereocenters. The number of carbonyl (C=O) groups is 2. The van der Waals surface area contributed by atoms with Crippen molar-refractivity contribution in [2.45, 2.75) is 76.6 Å². The van der Waals surface area contributed by atoms with Crippen LogP contribution in [-0.2, 0) is 29.7 Å². The zero-order chi connectivity index (χ0) is 37.4. The molecule has 0 saturated carbocycles. The molecule has 3 aromatic rings.